The van der Waals surface area contributed by atoms with E-state index in [-0.39, 0.29) is 0 Å². The molecule has 523 valence electrons. The van der Waals surface area contributed by atoms with Gasteiger partial charge in [-0.2, -0.15) is 0 Å². The lowest BCUT2D eigenvalue weighted by Gasteiger charge is -2.35. The van der Waals surface area contributed by atoms with Crippen LogP contribution in [0.1, 0.15) is 13.3 Å². The topological polar surface area (TPSA) is 102 Å². The number of hydrogen-bond acceptors (Lipinski definition) is 11. The number of ether oxygens (including phenoxy) is 1. The molecule has 0 fully saturated rings. The van der Waals surface area contributed by atoms with E-state index in [4.69, 9.17) is 45.9 Å². The molecule has 0 atom stereocenters. The largest absolute Gasteiger partial charge is 0.494 e. The zero-order chi connectivity index (χ0) is 69.5. The first-order valence-electron chi connectivity index (χ1n) is 34.2. The molecule has 0 N–H and O–H groups in total. The molecule has 0 rings (SSSR count). The third-order valence-electron chi connectivity index (χ3n) is 16.0. The molecule has 31 heteroatoms. The van der Waals surface area contributed by atoms with Crippen LogP contribution in [-0.4, -0.2) is 179 Å². The van der Waals surface area contributed by atoms with E-state index in [1.165, 1.54) is 109 Å². The summed E-state index contributed by atoms with van der Waals surface area (Å²) in [6.45, 7) is 87.8. The van der Waals surface area contributed by atoms with Crippen molar-refractivity contribution in [1.29, 1.82) is 0 Å². The molecule has 0 amide bonds. The molecule has 0 bridgehead atoms. The van der Waals surface area contributed by atoms with Gasteiger partial charge in [-0.15, -0.1) is 0 Å². The molecule has 0 aliphatic rings. The number of rotatable bonds is 53. The van der Waals surface area contributed by atoms with Crippen LogP contribution in [0.25, 0.3) is 0 Å². The lowest BCUT2D eigenvalue weighted by molar-refractivity contribution is 0.221. The molecule has 0 heterocycles. The fourth-order valence-corrected chi connectivity index (χ4v) is 94.6. The lowest BCUT2D eigenvalue weighted by Crippen LogP contribution is -2.45. The molecule has 9 radical (unpaired) electrons. The first-order chi connectivity index (χ1) is 39.9. The van der Waals surface area contributed by atoms with Gasteiger partial charge in [-0.25, -0.2) is 0 Å². The van der Waals surface area contributed by atoms with Gasteiger partial charge in [0.1, 0.15) is 5.76 Å². The van der Waals surface area contributed by atoms with Gasteiger partial charge >= 0.3 is 0 Å². The molecule has 0 saturated heterocycles. The van der Waals surface area contributed by atoms with E-state index in [1.54, 1.807) is 0 Å². The summed E-state index contributed by atoms with van der Waals surface area (Å²) in [4.78, 5) is 0. The Morgan fingerprint density at radius 1 is 0.258 bits per heavy atom. The summed E-state index contributed by atoms with van der Waals surface area (Å²) in [6.07, 6.45) is 1.00. The SMILES string of the molecule is C=C(C)C(=C)OCCC[Si](C)(C)O[Si](C)(C)CC[Si](C)O[Si](C)(C)CC[Si](C)O[Si](C)(C)CC[Si](C)O[Si](C)(C)CC[Si](C)O[Si](C)(C)CC[Si](C)O[Si](C)(C)CC[Si](C)O[Si](C)(C)CC[Si](C)O[Si](C)(C)CC[Si](C)O[Si](C)(C)CC[Si](C)O[Si](C)(C)C. The highest BCUT2D eigenvalue weighted by Gasteiger charge is 2.39. The van der Waals surface area contributed by atoms with Crippen LogP contribution in [0.4, 0.5) is 0 Å². The monoisotopic (exact) mass is 1580 g/mol. The standard InChI is InChI=1S/C58H145O11Si20/c1-57(2)58(3)59-37-36-47-88(32,33)69-89(34,35)56-46-78(12)68-87(30,31)55-45-77(11)67-86(28,29)54-44-76(10)66-85(26,27)53-43-75(9)65-84(24,25)52-42-74(8)64-83(22,23)51-41-73(7)63-82(20,21)50-40-72(6)62-81(18,19)49-39-71(5)61-80(16,17)48-38-70(4)60-79(13,14)15/h1,3,36-56H2,2,4-35H3. The fraction of sp³-hybridized carbons (Fsp3) is 0.931. The molecule has 0 aromatic heterocycles. The van der Waals surface area contributed by atoms with Gasteiger partial charge in [0.25, 0.3) is 0 Å². The van der Waals surface area contributed by atoms with Gasteiger partial charge in [0.15, 0.2) is 173 Å². The minimum absolute atomic E-state index is 0.688. The maximum Gasteiger partial charge on any atom is 0.194 e. The second kappa shape index (κ2) is 41.2. The number of allylic oxidation sites excluding steroid dienone is 1. The van der Waals surface area contributed by atoms with E-state index in [2.05, 4.69) is 223 Å². The second-order valence-corrected chi connectivity index (χ2v) is 103. The van der Waals surface area contributed by atoms with Crippen molar-refractivity contribution in [3.8, 4) is 0 Å². The zero-order valence-electron chi connectivity index (χ0n) is 64.8. The van der Waals surface area contributed by atoms with Crippen molar-refractivity contribution in [2.24, 2.45) is 0 Å². The normalized spacial score (nSPS) is 14.5. The average Bonchev–Trinajstić information content (AvgIpc) is 3.34. The van der Waals surface area contributed by atoms with Crippen molar-refractivity contribution in [3.63, 3.8) is 0 Å². The lowest BCUT2D eigenvalue weighted by atomic mass is 10.3. The highest BCUT2D eigenvalue weighted by Crippen LogP contribution is 2.31. The zero-order valence-corrected chi connectivity index (χ0v) is 84.8. The first kappa shape index (κ1) is 92.2. The van der Waals surface area contributed by atoms with Crippen molar-refractivity contribution < 1.29 is 45.9 Å². The third kappa shape index (κ3) is 50.2. The summed E-state index contributed by atoms with van der Waals surface area (Å²) >= 11 is 0. The van der Waals surface area contributed by atoms with Crippen LogP contribution in [-0.2, 0) is 45.9 Å². The van der Waals surface area contributed by atoms with E-state index in [9.17, 15) is 0 Å². The van der Waals surface area contributed by atoms with Crippen LogP contribution in [0.2, 0.25) is 324 Å². The van der Waals surface area contributed by atoms with Gasteiger partial charge in [0, 0.05) is 0 Å². The highest BCUT2D eigenvalue weighted by atomic mass is 28.4. The summed E-state index contributed by atoms with van der Waals surface area (Å²) < 4.78 is 75.2. The summed E-state index contributed by atoms with van der Waals surface area (Å²) in [5.74, 6) is 0.699. The Labute approximate surface area is 582 Å². The van der Waals surface area contributed by atoms with Gasteiger partial charge < -0.3 is 45.9 Å². The van der Waals surface area contributed by atoms with E-state index in [1.807, 2.05) is 6.92 Å². The fourth-order valence-electron chi connectivity index (χ4n) is 11.1. The number of hydrogen-bond donors (Lipinski definition) is 0. The van der Waals surface area contributed by atoms with Crippen LogP contribution in [0, 0.1) is 0 Å². The molecule has 0 aromatic carbocycles. The van der Waals surface area contributed by atoms with Crippen molar-refractivity contribution in [2.75, 3.05) is 6.61 Å². The average molecular weight is 1580 g/mol. The van der Waals surface area contributed by atoms with E-state index in [0.29, 0.717) is 12.4 Å². The molecule has 0 aliphatic carbocycles. The summed E-state index contributed by atoms with van der Waals surface area (Å²) in [5, 5.41) is 0. The van der Waals surface area contributed by atoms with Gasteiger partial charge in [0.05, 0.1) is 6.61 Å². The molecular formula is C58H145O11Si20. The molecule has 0 unspecified atom stereocenters. The van der Waals surface area contributed by atoms with Gasteiger partial charge in [-0.05, 0) is 343 Å². The quantitative estimate of drug-likeness (QED) is 0.0252. The van der Waals surface area contributed by atoms with Crippen molar-refractivity contribution in [2.45, 2.75) is 338 Å². The molecule has 11 nitrogen and oxygen atoms in total. The Bertz CT molecular complexity index is 2000. The minimum Gasteiger partial charge on any atom is -0.494 e. The van der Waals surface area contributed by atoms with Gasteiger partial charge in [-0.3, -0.25) is 0 Å². The van der Waals surface area contributed by atoms with Gasteiger partial charge in [-0.1, -0.05) is 13.2 Å². The second-order valence-electron chi connectivity index (χ2n) is 33.7. The Balaban J connectivity index is 4.79. The van der Waals surface area contributed by atoms with E-state index in [0.717, 1.165) is 18.0 Å². The Hall–Kier alpha value is 3.22. The molecule has 0 aliphatic heterocycles. The Morgan fingerprint density at radius 2 is 0.427 bits per heavy atom. The summed E-state index contributed by atoms with van der Waals surface area (Å²) in [7, 11) is -26.9. The van der Waals surface area contributed by atoms with Crippen LogP contribution in [0.3, 0.4) is 0 Å². The van der Waals surface area contributed by atoms with Crippen LogP contribution >= 0.6 is 0 Å². The van der Waals surface area contributed by atoms with Crippen molar-refractivity contribution >= 4 is 173 Å². The molecular weight excluding hydrogens is 1430 g/mol. The maximum atomic E-state index is 7.06. The van der Waals surface area contributed by atoms with E-state index < -0.39 is 173 Å². The van der Waals surface area contributed by atoms with E-state index >= 15 is 0 Å². The van der Waals surface area contributed by atoms with Crippen molar-refractivity contribution in [3.05, 3.63) is 24.5 Å². The molecule has 89 heavy (non-hydrogen) atoms. The summed E-state index contributed by atoms with van der Waals surface area (Å²) in [5.41, 5.74) is 0.898. The minimum atomic E-state index is -1.80. The smallest absolute Gasteiger partial charge is 0.194 e. The third-order valence-corrected chi connectivity index (χ3v) is 80.9. The summed E-state index contributed by atoms with van der Waals surface area (Å²) in [6, 6.07) is 22.6. The Kier molecular flexibility index (Phi) is 42.7. The maximum absolute atomic E-state index is 7.06. The predicted molar refractivity (Wildman–Crippen MR) is 439 cm³/mol. The highest BCUT2D eigenvalue weighted by molar-refractivity contribution is 6.88. The van der Waals surface area contributed by atoms with Crippen LogP contribution in [0.15, 0.2) is 24.5 Å². The van der Waals surface area contributed by atoms with Crippen LogP contribution in [0.5, 0.6) is 0 Å². The first-order valence-corrected chi connectivity index (χ1v) is 87.8. The predicted octanol–water partition coefficient (Wildman–Crippen LogP) is 21.1. The molecule has 0 spiro atoms. The van der Waals surface area contributed by atoms with Crippen LogP contribution < -0.4 is 0 Å². The van der Waals surface area contributed by atoms with Crippen molar-refractivity contribution in [1.82, 2.24) is 0 Å². The molecule has 0 aromatic rings. The molecule has 0 saturated carbocycles. The van der Waals surface area contributed by atoms with Gasteiger partial charge in [0.2, 0.25) is 0 Å². The Morgan fingerprint density at radius 3 is 0.607 bits per heavy atom.